The molecule has 2 aromatic rings. The van der Waals surface area contributed by atoms with Gasteiger partial charge in [0.2, 0.25) is 0 Å². The summed E-state index contributed by atoms with van der Waals surface area (Å²) in [6, 6.07) is 7.84. The number of rotatable bonds is 11. The number of aryl methyl sites for hydroxylation is 3. The van der Waals surface area contributed by atoms with Crippen molar-refractivity contribution in [2.24, 2.45) is 5.73 Å². The second-order valence-corrected chi connectivity index (χ2v) is 7.10. The predicted molar refractivity (Wildman–Crippen MR) is 117 cm³/mol. The molecule has 2 rings (SSSR count). The first kappa shape index (κ1) is 21.4. The summed E-state index contributed by atoms with van der Waals surface area (Å²) in [5.41, 5.74) is 11.6. The molecule has 1 amide bonds. The normalized spacial score (nSPS) is 10.5. The molecule has 1 aromatic carbocycles. The molecule has 0 atom stereocenters. The Hall–Kier alpha value is -2.95. The lowest BCUT2D eigenvalue weighted by Crippen LogP contribution is -2.24. The number of hydrogen-bond donors (Lipinski definition) is 4. The van der Waals surface area contributed by atoms with Crippen molar-refractivity contribution in [2.45, 2.75) is 46.0 Å². The molecule has 0 fully saturated rings. The van der Waals surface area contributed by atoms with Gasteiger partial charge in [-0.25, -0.2) is 0 Å². The molecule has 5 N–H and O–H groups in total. The Morgan fingerprint density at radius 3 is 2.50 bits per heavy atom. The lowest BCUT2D eigenvalue weighted by Gasteiger charge is -2.11. The van der Waals surface area contributed by atoms with Crippen LogP contribution in [0.2, 0.25) is 0 Å². The third-order valence-electron chi connectivity index (χ3n) is 4.74. The number of carbonyl (C=O) groups is 1. The molecule has 0 bridgehead atoms. The van der Waals surface area contributed by atoms with Gasteiger partial charge in [-0.3, -0.25) is 4.79 Å². The van der Waals surface area contributed by atoms with Gasteiger partial charge in [0.05, 0.1) is 5.82 Å². The first-order valence-corrected chi connectivity index (χ1v) is 9.87. The average molecular weight is 381 g/mol. The van der Waals surface area contributed by atoms with Gasteiger partial charge < -0.3 is 21.4 Å². The summed E-state index contributed by atoms with van der Waals surface area (Å²) >= 11 is 0. The van der Waals surface area contributed by atoms with Gasteiger partial charge in [0.1, 0.15) is 0 Å². The molecule has 150 valence electrons. The van der Waals surface area contributed by atoms with E-state index in [0.29, 0.717) is 11.4 Å². The fraction of sp³-hybridized carbons (Fsp3) is 0.348. The molecule has 0 saturated heterocycles. The van der Waals surface area contributed by atoms with E-state index in [-0.39, 0.29) is 5.91 Å². The van der Waals surface area contributed by atoms with Crippen LogP contribution in [0.4, 0.5) is 0 Å². The van der Waals surface area contributed by atoms with Gasteiger partial charge in [0.25, 0.3) is 5.91 Å². The van der Waals surface area contributed by atoms with E-state index in [4.69, 9.17) is 5.73 Å². The summed E-state index contributed by atoms with van der Waals surface area (Å²) < 4.78 is 0. The van der Waals surface area contributed by atoms with Crippen LogP contribution in [0.15, 0.2) is 49.4 Å². The molecule has 5 nitrogen and oxygen atoms in total. The van der Waals surface area contributed by atoms with E-state index in [1.54, 1.807) is 0 Å². The topological polar surface area (TPSA) is 82.9 Å². The number of hydrogen-bond acceptors (Lipinski definition) is 3. The van der Waals surface area contributed by atoms with Gasteiger partial charge in [0.15, 0.2) is 0 Å². The first-order valence-electron chi connectivity index (χ1n) is 9.87. The Morgan fingerprint density at radius 2 is 1.86 bits per heavy atom. The lowest BCUT2D eigenvalue weighted by molar-refractivity contribution is 0.0953. The van der Waals surface area contributed by atoms with Crippen LogP contribution in [-0.4, -0.2) is 17.4 Å². The van der Waals surface area contributed by atoms with E-state index in [0.717, 1.165) is 55.6 Å². The highest BCUT2D eigenvalue weighted by Crippen LogP contribution is 2.22. The third kappa shape index (κ3) is 6.05. The van der Waals surface area contributed by atoms with Crippen LogP contribution in [0, 0.1) is 6.92 Å². The number of nitrogens with two attached hydrogens (primary N) is 1. The molecule has 0 aliphatic rings. The van der Waals surface area contributed by atoms with Gasteiger partial charge in [-0.05, 0) is 49.4 Å². The van der Waals surface area contributed by atoms with Crippen LogP contribution in [0.3, 0.4) is 0 Å². The minimum absolute atomic E-state index is 0.00409. The van der Waals surface area contributed by atoms with Crippen molar-refractivity contribution >= 4 is 11.6 Å². The maximum absolute atomic E-state index is 12.2. The van der Waals surface area contributed by atoms with E-state index in [2.05, 4.69) is 35.7 Å². The number of amides is 1. The fourth-order valence-corrected chi connectivity index (χ4v) is 3.23. The fourth-order valence-electron chi connectivity index (χ4n) is 3.23. The molecule has 1 heterocycles. The molecule has 0 spiro atoms. The number of benzene rings is 1. The van der Waals surface area contributed by atoms with Gasteiger partial charge >= 0.3 is 0 Å². The summed E-state index contributed by atoms with van der Waals surface area (Å²) in [6.07, 6.45) is 7.06. The third-order valence-corrected chi connectivity index (χ3v) is 4.74. The van der Waals surface area contributed by atoms with Gasteiger partial charge in [-0.1, -0.05) is 45.1 Å². The van der Waals surface area contributed by atoms with Crippen LogP contribution in [0.5, 0.6) is 0 Å². The summed E-state index contributed by atoms with van der Waals surface area (Å²) in [5.74, 6) is 0.371. The summed E-state index contributed by atoms with van der Waals surface area (Å²) in [6.45, 7) is 12.6. The minimum Gasteiger partial charge on any atom is -0.386 e. The van der Waals surface area contributed by atoms with E-state index < -0.39 is 0 Å². The zero-order chi connectivity index (χ0) is 20.5. The van der Waals surface area contributed by atoms with Crippen molar-refractivity contribution in [1.82, 2.24) is 15.6 Å². The quantitative estimate of drug-likeness (QED) is 0.444. The van der Waals surface area contributed by atoms with Crippen molar-refractivity contribution < 1.29 is 4.79 Å². The SMILES string of the molecule is C=C(N)NC(=C)c1c(CCc2ccc(C(=O)NCCCCC)cc2)c[nH]c1C. The van der Waals surface area contributed by atoms with Crippen molar-refractivity contribution in [3.05, 3.63) is 77.4 Å². The number of carbonyl (C=O) groups excluding carboxylic acids is 1. The highest BCUT2D eigenvalue weighted by Gasteiger charge is 2.12. The molecule has 0 aliphatic carbocycles. The molecule has 1 aromatic heterocycles. The van der Waals surface area contributed by atoms with Crippen molar-refractivity contribution in [1.29, 1.82) is 0 Å². The summed E-state index contributed by atoms with van der Waals surface area (Å²) in [4.78, 5) is 15.4. The molecule has 0 radical (unpaired) electrons. The number of H-pyrrole nitrogens is 1. The molecule has 5 heteroatoms. The lowest BCUT2D eigenvalue weighted by atomic mass is 10.00. The second kappa shape index (κ2) is 10.4. The first-order chi connectivity index (χ1) is 13.4. The van der Waals surface area contributed by atoms with E-state index in [1.807, 2.05) is 37.4 Å². The van der Waals surface area contributed by atoms with Gasteiger partial charge in [-0.15, -0.1) is 0 Å². The average Bonchev–Trinajstić information content (AvgIpc) is 3.04. The maximum Gasteiger partial charge on any atom is 0.251 e. The number of aromatic amines is 1. The van der Waals surface area contributed by atoms with Crippen molar-refractivity contribution in [3.8, 4) is 0 Å². The van der Waals surface area contributed by atoms with E-state index in [1.165, 1.54) is 11.1 Å². The van der Waals surface area contributed by atoms with Crippen LogP contribution in [-0.2, 0) is 12.8 Å². The number of aromatic nitrogens is 1. The molecular weight excluding hydrogens is 348 g/mol. The van der Waals surface area contributed by atoms with Crippen molar-refractivity contribution in [3.63, 3.8) is 0 Å². The van der Waals surface area contributed by atoms with E-state index >= 15 is 0 Å². The Bertz CT molecular complexity index is 818. The minimum atomic E-state index is -0.00409. The van der Waals surface area contributed by atoms with Gasteiger partial charge in [0, 0.05) is 35.3 Å². The summed E-state index contributed by atoms with van der Waals surface area (Å²) in [7, 11) is 0. The largest absolute Gasteiger partial charge is 0.386 e. The number of nitrogens with one attached hydrogen (secondary N) is 3. The summed E-state index contributed by atoms with van der Waals surface area (Å²) in [5, 5.41) is 5.97. The highest BCUT2D eigenvalue weighted by atomic mass is 16.1. The zero-order valence-electron chi connectivity index (χ0n) is 17.0. The van der Waals surface area contributed by atoms with E-state index in [9.17, 15) is 4.79 Å². The monoisotopic (exact) mass is 380 g/mol. The van der Waals surface area contributed by atoms with Crippen molar-refractivity contribution in [2.75, 3.05) is 6.54 Å². The zero-order valence-corrected chi connectivity index (χ0v) is 17.0. The molecule has 0 unspecified atom stereocenters. The molecule has 28 heavy (non-hydrogen) atoms. The molecular formula is C23H32N4O. The Balaban J connectivity index is 1.94. The highest BCUT2D eigenvalue weighted by molar-refractivity contribution is 5.94. The predicted octanol–water partition coefficient (Wildman–Crippen LogP) is 4.02. The van der Waals surface area contributed by atoms with Crippen LogP contribution < -0.4 is 16.4 Å². The molecule has 0 saturated carbocycles. The number of unbranched alkanes of at least 4 members (excludes halogenated alkanes) is 2. The molecule has 0 aliphatic heterocycles. The Morgan fingerprint density at radius 1 is 1.14 bits per heavy atom. The standard InChI is InChI=1S/C23H32N4O/c1-5-6-7-14-25-23(28)20-11-8-19(9-12-20)10-13-21-15-26-16(2)22(21)17(3)27-18(4)24/h8-9,11-12,15,26-27H,3-7,10,13-14,24H2,1-2H3,(H,25,28). The van der Waals surface area contributed by atoms with Crippen LogP contribution >= 0.6 is 0 Å². The van der Waals surface area contributed by atoms with Gasteiger partial charge in [-0.2, -0.15) is 0 Å². The second-order valence-electron chi connectivity index (χ2n) is 7.10. The van der Waals surface area contributed by atoms with Crippen LogP contribution in [0.25, 0.3) is 5.70 Å². The van der Waals surface area contributed by atoms with Crippen LogP contribution in [0.1, 0.15) is 58.9 Å². The smallest absolute Gasteiger partial charge is 0.251 e. The Kier molecular flexibility index (Phi) is 7.93. The Labute approximate surface area is 168 Å². The maximum atomic E-state index is 12.2.